The average Bonchev–Trinajstić information content (AvgIpc) is 2.77. The van der Waals surface area contributed by atoms with E-state index in [1.807, 2.05) is 0 Å². The van der Waals surface area contributed by atoms with E-state index in [0.29, 0.717) is 0 Å². The summed E-state index contributed by atoms with van der Waals surface area (Å²) in [5.74, 6) is -1.46. The minimum absolute atomic E-state index is 0.00828. The number of carbonyl (C=O) groups excluding carboxylic acids is 1. The van der Waals surface area contributed by atoms with E-state index in [1.54, 1.807) is 0 Å². The van der Waals surface area contributed by atoms with Gasteiger partial charge >= 0.3 is 6.01 Å². The Labute approximate surface area is 111 Å². The second-order valence-electron chi connectivity index (χ2n) is 3.98. The zero-order chi connectivity index (χ0) is 14.9. The molecule has 0 bridgehead atoms. The zero-order valence-corrected chi connectivity index (χ0v) is 10.5. The lowest BCUT2D eigenvalue weighted by Crippen LogP contribution is -2.15. The molecule has 0 aliphatic carbocycles. The molecule has 0 atom stereocenters. The molecule has 0 aliphatic heterocycles. The van der Waals surface area contributed by atoms with Gasteiger partial charge in [-0.05, 0) is 19.4 Å². The monoisotopic (exact) mass is 280 g/mol. The van der Waals surface area contributed by atoms with Crippen LogP contribution in [-0.4, -0.2) is 21.0 Å². The summed E-state index contributed by atoms with van der Waals surface area (Å²) in [5.41, 5.74) is -0.852. The summed E-state index contributed by atoms with van der Waals surface area (Å²) in [6.45, 7) is 2.87. The van der Waals surface area contributed by atoms with Gasteiger partial charge in [0.2, 0.25) is 0 Å². The van der Waals surface area contributed by atoms with Crippen LogP contribution in [0.15, 0.2) is 16.7 Å². The van der Waals surface area contributed by atoms with Crippen molar-refractivity contribution in [2.45, 2.75) is 13.8 Å². The van der Waals surface area contributed by atoms with Gasteiger partial charge in [-0.25, -0.2) is 4.39 Å². The molecule has 0 fully saturated rings. The fourth-order valence-electron chi connectivity index (χ4n) is 1.53. The number of nitrogens with one attached hydrogen (secondary N) is 1. The van der Waals surface area contributed by atoms with Crippen molar-refractivity contribution in [1.29, 1.82) is 0 Å². The van der Waals surface area contributed by atoms with E-state index in [2.05, 4.69) is 20.0 Å². The van der Waals surface area contributed by atoms with Gasteiger partial charge in [0, 0.05) is 12.1 Å². The summed E-state index contributed by atoms with van der Waals surface area (Å²) < 4.78 is 18.5. The molecular formula is C11H9FN4O4. The van der Waals surface area contributed by atoms with Gasteiger partial charge in [0.15, 0.2) is 5.82 Å². The number of rotatable bonds is 3. The molecule has 0 aliphatic rings. The molecule has 1 aromatic carbocycles. The first-order chi connectivity index (χ1) is 9.38. The van der Waals surface area contributed by atoms with Crippen molar-refractivity contribution >= 4 is 17.6 Å². The van der Waals surface area contributed by atoms with Crippen LogP contribution in [0.1, 0.15) is 21.7 Å². The van der Waals surface area contributed by atoms with Crippen LogP contribution in [0, 0.1) is 29.8 Å². The molecular weight excluding hydrogens is 271 g/mol. The Morgan fingerprint density at radius 3 is 2.70 bits per heavy atom. The molecule has 1 heterocycles. The van der Waals surface area contributed by atoms with Gasteiger partial charge in [-0.15, -0.1) is 0 Å². The van der Waals surface area contributed by atoms with E-state index in [-0.39, 0.29) is 23.1 Å². The normalized spacial score (nSPS) is 10.3. The van der Waals surface area contributed by atoms with E-state index in [0.717, 1.165) is 12.1 Å². The third kappa shape index (κ3) is 2.60. The second kappa shape index (κ2) is 5.03. The van der Waals surface area contributed by atoms with Crippen molar-refractivity contribution in [2.75, 3.05) is 5.32 Å². The number of hydrogen-bond donors (Lipinski definition) is 1. The number of anilines is 1. The quantitative estimate of drug-likeness (QED) is 0.679. The molecule has 2 aromatic rings. The van der Waals surface area contributed by atoms with E-state index < -0.39 is 22.2 Å². The highest BCUT2D eigenvalue weighted by Crippen LogP contribution is 2.21. The van der Waals surface area contributed by atoms with Crippen LogP contribution in [0.3, 0.4) is 0 Å². The number of amides is 1. The van der Waals surface area contributed by atoms with Gasteiger partial charge in [0.05, 0.1) is 10.5 Å². The molecule has 104 valence electrons. The number of aromatic nitrogens is 2. The molecule has 0 radical (unpaired) electrons. The molecule has 0 spiro atoms. The van der Waals surface area contributed by atoms with Gasteiger partial charge in [0.1, 0.15) is 5.82 Å². The number of nitro benzene ring substituents is 1. The van der Waals surface area contributed by atoms with E-state index in [4.69, 9.17) is 0 Å². The lowest BCUT2D eigenvalue weighted by atomic mass is 10.1. The van der Waals surface area contributed by atoms with Crippen molar-refractivity contribution in [3.8, 4) is 0 Å². The van der Waals surface area contributed by atoms with E-state index in [1.165, 1.54) is 13.8 Å². The number of hydrogen-bond acceptors (Lipinski definition) is 6. The largest absolute Gasteiger partial charge is 0.328 e. The zero-order valence-electron chi connectivity index (χ0n) is 10.5. The Kier molecular flexibility index (Phi) is 3.42. The summed E-state index contributed by atoms with van der Waals surface area (Å²) in [4.78, 5) is 25.6. The predicted molar refractivity (Wildman–Crippen MR) is 64.8 cm³/mol. The van der Waals surface area contributed by atoms with Gasteiger partial charge in [-0.1, -0.05) is 5.16 Å². The molecule has 9 heteroatoms. The van der Waals surface area contributed by atoms with Crippen molar-refractivity contribution < 1.29 is 18.6 Å². The number of nitrogens with zero attached hydrogens (tertiary/aromatic N) is 3. The van der Waals surface area contributed by atoms with Gasteiger partial charge in [-0.3, -0.25) is 20.2 Å². The molecule has 1 aromatic heterocycles. The Balaban J connectivity index is 2.36. The lowest BCUT2D eigenvalue weighted by molar-refractivity contribution is -0.385. The van der Waals surface area contributed by atoms with Crippen LogP contribution in [0.2, 0.25) is 0 Å². The Morgan fingerprint density at radius 1 is 1.45 bits per heavy atom. The van der Waals surface area contributed by atoms with Gasteiger partial charge < -0.3 is 4.52 Å². The average molecular weight is 280 g/mol. The summed E-state index contributed by atoms with van der Waals surface area (Å²) in [6.07, 6.45) is 0. The maximum Gasteiger partial charge on any atom is 0.328 e. The fourth-order valence-corrected chi connectivity index (χ4v) is 1.53. The van der Waals surface area contributed by atoms with Crippen LogP contribution in [0.25, 0.3) is 0 Å². The highest BCUT2D eigenvalue weighted by Gasteiger charge is 2.21. The molecule has 20 heavy (non-hydrogen) atoms. The molecule has 1 amide bonds. The number of carbonyl (C=O) groups is 1. The van der Waals surface area contributed by atoms with Crippen LogP contribution in [0.4, 0.5) is 16.1 Å². The van der Waals surface area contributed by atoms with Crippen LogP contribution in [0.5, 0.6) is 0 Å². The minimum atomic E-state index is -0.905. The summed E-state index contributed by atoms with van der Waals surface area (Å²) in [5, 5.41) is 16.3. The molecule has 0 unspecified atom stereocenters. The first kappa shape index (κ1) is 13.6. The maximum absolute atomic E-state index is 13.9. The van der Waals surface area contributed by atoms with Gasteiger partial charge in [-0.2, -0.15) is 4.98 Å². The van der Waals surface area contributed by atoms with Crippen molar-refractivity contribution in [2.24, 2.45) is 0 Å². The van der Waals surface area contributed by atoms with Crippen LogP contribution < -0.4 is 5.32 Å². The number of halogens is 1. The number of benzene rings is 1. The summed E-state index contributed by atoms with van der Waals surface area (Å²) in [7, 11) is 0. The van der Waals surface area contributed by atoms with Crippen LogP contribution >= 0.6 is 0 Å². The number of non-ortho nitro benzene ring substituents is 1. The lowest BCUT2D eigenvalue weighted by Gasteiger charge is -2.04. The molecule has 1 N–H and O–H groups in total. The highest BCUT2D eigenvalue weighted by molar-refractivity contribution is 6.03. The third-order valence-electron chi connectivity index (χ3n) is 2.44. The SMILES string of the molecule is Cc1noc(NC(=O)c2cc([N+](=O)[O-])cc(C)c2F)n1. The van der Waals surface area contributed by atoms with Crippen molar-refractivity contribution in [1.82, 2.24) is 10.1 Å². The topological polar surface area (TPSA) is 111 Å². The maximum atomic E-state index is 13.9. The second-order valence-corrected chi connectivity index (χ2v) is 3.98. The fraction of sp³-hybridized carbons (Fsp3) is 0.182. The standard InChI is InChI=1S/C11H9FN4O4/c1-5-3-7(16(18)19)4-8(9(5)12)10(17)14-11-13-6(2)15-20-11/h3-4H,1-2H3,(H,13,14,15,17). The van der Waals surface area contributed by atoms with Crippen molar-refractivity contribution in [3.63, 3.8) is 0 Å². The minimum Gasteiger partial charge on any atom is -0.315 e. The summed E-state index contributed by atoms with van der Waals surface area (Å²) >= 11 is 0. The Morgan fingerprint density at radius 2 is 2.15 bits per heavy atom. The summed E-state index contributed by atoms with van der Waals surface area (Å²) in [6, 6.07) is 1.68. The highest BCUT2D eigenvalue weighted by atomic mass is 19.1. The predicted octanol–water partition coefficient (Wildman–Crippen LogP) is 1.99. The van der Waals surface area contributed by atoms with Crippen LogP contribution in [-0.2, 0) is 0 Å². The van der Waals surface area contributed by atoms with E-state index in [9.17, 15) is 19.3 Å². The molecule has 8 nitrogen and oxygen atoms in total. The number of nitro groups is 1. The van der Waals surface area contributed by atoms with E-state index >= 15 is 0 Å². The van der Waals surface area contributed by atoms with Gasteiger partial charge in [0.25, 0.3) is 11.6 Å². The van der Waals surface area contributed by atoms with Crippen molar-refractivity contribution in [3.05, 3.63) is 45.0 Å². The molecule has 0 saturated heterocycles. The first-order valence-corrected chi connectivity index (χ1v) is 5.44. The smallest absolute Gasteiger partial charge is 0.315 e. The Bertz CT molecular complexity index is 698. The number of aryl methyl sites for hydroxylation is 2. The third-order valence-corrected chi connectivity index (χ3v) is 2.44. The first-order valence-electron chi connectivity index (χ1n) is 5.44. The molecule has 2 rings (SSSR count). The Hall–Kier alpha value is -2.84. The molecule has 0 saturated carbocycles.